The van der Waals surface area contributed by atoms with Crippen molar-refractivity contribution in [2.24, 2.45) is 0 Å². The van der Waals surface area contributed by atoms with E-state index in [-0.39, 0.29) is 17.8 Å². The van der Waals surface area contributed by atoms with Crippen molar-refractivity contribution in [1.29, 1.82) is 0 Å². The number of pyridine rings is 1. The minimum absolute atomic E-state index is 0.00956. The van der Waals surface area contributed by atoms with E-state index >= 15 is 0 Å². The summed E-state index contributed by atoms with van der Waals surface area (Å²) in [6, 6.07) is 25.9. The molecular weight excluding hydrogens is 428 g/mol. The normalized spacial score (nSPS) is 17.9. The molecule has 2 aromatic carbocycles. The van der Waals surface area contributed by atoms with Gasteiger partial charge in [-0.2, -0.15) is 0 Å². The van der Waals surface area contributed by atoms with E-state index in [1.54, 1.807) is 12.1 Å². The van der Waals surface area contributed by atoms with Crippen molar-refractivity contribution in [2.45, 2.75) is 32.5 Å². The van der Waals surface area contributed by atoms with Crippen LogP contribution in [-0.4, -0.2) is 24.7 Å². The third-order valence-electron chi connectivity index (χ3n) is 6.29. The van der Waals surface area contributed by atoms with Crippen molar-refractivity contribution < 1.29 is 5.11 Å². The van der Waals surface area contributed by atoms with Gasteiger partial charge in [-0.3, -0.25) is 4.98 Å². The largest absolute Gasteiger partial charge is 0.508 e. The highest BCUT2D eigenvalue weighted by atomic mass is 32.1. The Balaban J connectivity index is 1.61. The Kier molecular flexibility index (Phi) is 5.60. The number of rotatable bonds is 5. The standard InChI is InChI=1S/C27H26N4OS/c1-18-16-23(19(2)31(18)21-11-13-22(32)14-12-21)26-25(24-10-6-7-15-28-24)29-27(33)30(26)17-20-8-4-3-5-9-20/h3-16,25-26,32H,17H2,1-2H3,(H,29,33)/t25-,26-/m0/s1. The fourth-order valence-electron chi connectivity index (χ4n) is 4.78. The quantitative estimate of drug-likeness (QED) is 0.397. The smallest absolute Gasteiger partial charge is 0.170 e. The molecule has 166 valence electrons. The number of thiocarbonyl (C=S) groups is 1. The zero-order valence-corrected chi connectivity index (χ0v) is 19.5. The van der Waals surface area contributed by atoms with Gasteiger partial charge in [-0.05, 0) is 79.7 Å². The molecule has 2 aromatic heterocycles. The first-order chi connectivity index (χ1) is 16.0. The van der Waals surface area contributed by atoms with Crippen LogP contribution in [0.2, 0.25) is 0 Å². The topological polar surface area (TPSA) is 53.3 Å². The Hall–Kier alpha value is -3.64. The van der Waals surface area contributed by atoms with Crippen molar-refractivity contribution in [3.8, 4) is 11.4 Å². The van der Waals surface area contributed by atoms with Crippen LogP contribution in [0.5, 0.6) is 5.75 Å². The first kappa shape index (κ1) is 21.2. The van der Waals surface area contributed by atoms with Crippen molar-refractivity contribution >= 4 is 17.3 Å². The van der Waals surface area contributed by atoms with Gasteiger partial charge in [-0.25, -0.2) is 0 Å². The Bertz CT molecular complexity index is 1270. The highest BCUT2D eigenvalue weighted by molar-refractivity contribution is 7.80. The second-order valence-electron chi connectivity index (χ2n) is 8.42. The van der Waals surface area contributed by atoms with Gasteiger partial charge in [0, 0.05) is 29.8 Å². The first-order valence-electron chi connectivity index (χ1n) is 11.0. The fourth-order valence-corrected chi connectivity index (χ4v) is 5.09. The minimum atomic E-state index is -0.0591. The Morgan fingerprint density at radius 2 is 1.70 bits per heavy atom. The molecule has 0 aliphatic carbocycles. The van der Waals surface area contributed by atoms with E-state index < -0.39 is 0 Å². The lowest BCUT2D eigenvalue weighted by Gasteiger charge is -2.28. The van der Waals surface area contributed by atoms with Crippen LogP contribution in [0, 0.1) is 13.8 Å². The molecule has 2 atom stereocenters. The van der Waals surface area contributed by atoms with Gasteiger partial charge >= 0.3 is 0 Å². The summed E-state index contributed by atoms with van der Waals surface area (Å²) in [4.78, 5) is 6.93. The number of aryl methyl sites for hydroxylation is 1. The highest BCUT2D eigenvalue weighted by Crippen LogP contribution is 2.42. The average Bonchev–Trinajstić information content (AvgIpc) is 3.31. The maximum atomic E-state index is 9.74. The molecule has 0 unspecified atom stereocenters. The first-order valence-corrected chi connectivity index (χ1v) is 11.4. The van der Waals surface area contributed by atoms with E-state index in [4.69, 9.17) is 12.2 Å². The van der Waals surface area contributed by atoms with Gasteiger partial charge in [0.05, 0.1) is 17.8 Å². The SMILES string of the molecule is Cc1cc([C@H]2[C@H](c3ccccn3)NC(=S)N2Cc2ccccc2)c(C)n1-c1ccc(O)cc1. The maximum Gasteiger partial charge on any atom is 0.170 e. The summed E-state index contributed by atoms with van der Waals surface area (Å²) in [6.45, 7) is 4.97. The molecule has 1 aliphatic rings. The number of benzene rings is 2. The molecule has 6 heteroatoms. The van der Waals surface area contributed by atoms with Crippen molar-refractivity contribution in [1.82, 2.24) is 19.8 Å². The van der Waals surface area contributed by atoms with Crippen LogP contribution in [0.15, 0.2) is 85.1 Å². The maximum absolute atomic E-state index is 9.74. The van der Waals surface area contributed by atoms with Crippen LogP contribution in [0.25, 0.3) is 5.69 Å². The molecule has 5 rings (SSSR count). The van der Waals surface area contributed by atoms with Crippen molar-refractivity contribution in [3.05, 3.63) is 113 Å². The highest BCUT2D eigenvalue weighted by Gasteiger charge is 2.41. The molecule has 3 heterocycles. The van der Waals surface area contributed by atoms with Gasteiger partial charge in [0.25, 0.3) is 0 Å². The third-order valence-corrected chi connectivity index (χ3v) is 6.64. The molecule has 0 amide bonds. The van der Waals surface area contributed by atoms with Gasteiger partial charge in [0.15, 0.2) is 5.11 Å². The number of nitrogens with one attached hydrogen (secondary N) is 1. The molecule has 1 fully saturated rings. The number of nitrogens with zero attached hydrogens (tertiary/aromatic N) is 3. The van der Waals surface area contributed by atoms with Gasteiger partial charge in [-0.15, -0.1) is 0 Å². The molecule has 0 radical (unpaired) electrons. The van der Waals surface area contributed by atoms with E-state index in [0.29, 0.717) is 6.54 Å². The Labute approximate surface area is 199 Å². The van der Waals surface area contributed by atoms with Crippen LogP contribution < -0.4 is 5.32 Å². The van der Waals surface area contributed by atoms with E-state index in [1.807, 2.05) is 36.5 Å². The second kappa shape index (κ2) is 8.71. The number of hydrogen-bond acceptors (Lipinski definition) is 3. The molecule has 1 saturated heterocycles. The van der Waals surface area contributed by atoms with Gasteiger partial charge < -0.3 is 19.9 Å². The third kappa shape index (κ3) is 3.98. The van der Waals surface area contributed by atoms with Crippen LogP contribution in [0.3, 0.4) is 0 Å². The summed E-state index contributed by atoms with van der Waals surface area (Å²) >= 11 is 5.84. The number of phenolic OH excluding ortho intramolecular Hbond substituents is 1. The molecule has 0 bridgehead atoms. The van der Waals surface area contributed by atoms with E-state index in [0.717, 1.165) is 27.9 Å². The molecule has 0 spiro atoms. The number of aromatic hydroxyl groups is 1. The molecule has 5 nitrogen and oxygen atoms in total. The molecule has 0 saturated carbocycles. The molecule has 4 aromatic rings. The van der Waals surface area contributed by atoms with Gasteiger partial charge in [-0.1, -0.05) is 36.4 Å². The Morgan fingerprint density at radius 1 is 0.970 bits per heavy atom. The van der Waals surface area contributed by atoms with Crippen LogP contribution in [-0.2, 0) is 6.54 Å². The van der Waals surface area contributed by atoms with E-state index in [2.05, 4.69) is 70.0 Å². The van der Waals surface area contributed by atoms with E-state index in [1.165, 1.54) is 11.1 Å². The lowest BCUT2D eigenvalue weighted by Crippen LogP contribution is -2.29. The van der Waals surface area contributed by atoms with Gasteiger partial charge in [0.2, 0.25) is 0 Å². The summed E-state index contributed by atoms with van der Waals surface area (Å²) in [5, 5.41) is 14.0. The zero-order valence-electron chi connectivity index (χ0n) is 18.6. The number of phenols is 1. The van der Waals surface area contributed by atoms with E-state index in [9.17, 15) is 5.11 Å². The molecule has 1 aliphatic heterocycles. The predicted octanol–water partition coefficient (Wildman–Crippen LogP) is 5.37. The van der Waals surface area contributed by atoms with Crippen molar-refractivity contribution in [3.63, 3.8) is 0 Å². The fraction of sp³-hybridized carbons (Fsp3) is 0.185. The summed E-state index contributed by atoms with van der Waals surface area (Å²) in [6.07, 6.45) is 1.83. The van der Waals surface area contributed by atoms with Crippen LogP contribution in [0.4, 0.5) is 0 Å². The summed E-state index contributed by atoms with van der Waals surface area (Å²) in [7, 11) is 0. The lowest BCUT2D eigenvalue weighted by atomic mass is 9.96. The monoisotopic (exact) mass is 454 g/mol. The molecule has 33 heavy (non-hydrogen) atoms. The number of hydrogen-bond donors (Lipinski definition) is 2. The Morgan fingerprint density at radius 3 is 2.39 bits per heavy atom. The number of aromatic nitrogens is 2. The van der Waals surface area contributed by atoms with Crippen LogP contribution in [0.1, 0.15) is 40.3 Å². The lowest BCUT2D eigenvalue weighted by molar-refractivity contribution is 0.310. The minimum Gasteiger partial charge on any atom is -0.508 e. The molecular formula is C27H26N4OS. The van der Waals surface area contributed by atoms with Crippen molar-refractivity contribution in [2.75, 3.05) is 0 Å². The summed E-state index contributed by atoms with van der Waals surface area (Å²) in [5.74, 6) is 0.260. The molecule has 2 N–H and O–H groups in total. The predicted molar refractivity (Wildman–Crippen MR) is 134 cm³/mol. The van der Waals surface area contributed by atoms with Crippen LogP contribution >= 0.6 is 12.2 Å². The summed E-state index contributed by atoms with van der Waals surface area (Å²) < 4.78 is 2.23. The average molecular weight is 455 g/mol. The zero-order chi connectivity index (χ0) is 22.9. The van der Waals surface area contributed by atoms with Gasteiger partial charge in [0.1, 0.15) is 5.75 Å². The summed E-state index contributed by atoms with van der Waals surface area (Å²) in [5.41, 5.74) is 6.68. The second-order valence-corrected chi connectivity index (χ2v) is 8.81.